The predicted octanol–water partition coefficient (Wildman–Crippen LogP) is 3.25. The first-order valence-corrected chi connectivity index (χ1v) is 9.39. The van der Waals surface area contributed by atoms with Crippen molar-refractivity contribution < 1.29 is 24.9 Å². The summed E-state index contributed by atoms with van der Waals surface area (Å²) in [5.74, 6) is -1.58. The fourth-order valence-electron chi connectivity index (χ4n) is 3.27. The van der Waals surface area contributed by atoms with Crippen LogP contribution in [0.2, 0.25) is 0 Å². The number of rotatable bonds is 12. The highest BCUT2D eigenvalue weighted by Crippen LogP contribution is 2.34. The minimum absolute atomic E-state index is 0.0358. The zero-order valence-electron chi connectivity index (χ0n) is 15.1. The maximum atomic E-state index is 12.0. The number of aliphatic hydroxyl groups is 2. The Morgan fingerprint density at radius 3 is 2.72 bits per heavy atom. The number of hydrogen-bond donors (Lipinski definition) is 3. The lowest BCUT2D eigenvalue weighted by Crippen LogP contribution is -2.20. The first-order valence-electron chi connectivity index (χ1n) is 9.39. The van der Waals surface area contributed by atoms with Gasteiger partial charge >= 0.3 is 5.97 Å². The number of carboxylic acids is 1. The van der Waals surface area contributed by atoms with Crippen LogP contribution in [0, 0.1) is 11.8 Å². The first-order chi connectivity index (χ1) is 12.0. The van der Waals surface area contributed by atoms with E-state index in [1.54, 1.807) is 12.2 Å². The van der Waals surface area contributed by atoms with E-state index in [-0.39, 0.29) is 24.5 Å². The van der Waals surface area contributed by atoms with E-state index in [4.69, 9.17) is 5.11 Å². The minimum Gasteiger partial charge on any atom is -0.481 e. The number of unbranched alkanes of at least 4 members (excludes halogenated alkanes) is 3. The Balaban J connectivity index is 2.45. The standard InChI is InChI=1S/C20H32O5/c1-2-3-4-5-6-7-9-15(21)12-13-17-16(10-8-11-20(24)25)18(22)14-19(17)23/h6-7,12-13,15-18,21-22H,2-5,8-11,14H2,1H3,(H,24,25)/b7-6-,13-12+/t15-,16-,17-,18-/m0/s1. The van der Waals surface area contributed by atoms with Crippen molar-refractivity contribution in [1.29, 1.82) is 0 Å². The van der Waals surface area contributed by atoms with Crippen LogP contribution in [0.3, 0.4) is 0 Å². The number of Topliss-reactive ketones (excluding diaryl/α,β-unsaturated/α-hetero) is 1. The summed E-state index contributed by atoms with van der Waals surface area (Å²) in [6, 6.07) is 0. The average molecular weight is 352 g/mol. The molecule has 1 fully saturated rings. The normalized spacial score (nSPS) is 25.2. The van der Waals surface area contributed by atoms with Crippen molar-refractivity contribution in [3.8, 4) is 0 Å². The number of allylic oxidation sites excluding steroid dienone is 2. The highest BCUT2D eigenvalue weighted by molar-refractivity contribution is 5.86. The van der Waals surface area contributed by atoms with E-state index < -0.39 is 24.1 Å². The number of aliphatic hydroxyl groups excluding tert-OH is 2. The Labute approximate surface area is 150 Å². The average Bonchev–Trinajstić information content (AvgIpc) is 2.82. The second-order valence-corrected chi connectivity index (χ2v) is 6.87. The molecule has 0 aromatic rings. The van der Waals surface area contributed by atoms with Gasteiger partial charge in [0.05, 0.1) is 12.2 Å². The largest absolute Gasteiger partial charge is 0.481 e. The van der Waals surface area contributed by atoms with E-state index >= 15 is 0 Å². The molecule has 4 atom stereocenters. The number of hydrogen-bond acceptors (Lipinski definition) is 4. The van der Waals surface area contributed by atoms with Crippen LogP contribution >= 0.6 is 0 Å². The molecular weight excluding hydrogens is 320 g/mol. The van der Waals surface area contributed by atoms with Gasteiger partial charge in [-0.2, -0.15) is 0 Å². The van der Waals surface area contributed by atoms with Crippen molar-refractivity contribution in [2.24, 2.45) is 11.8 Å². The lowest BCUT2D eigenvalue weighted by atomic mass is 9.88. The summed E-state index contributed by atoms with van der Waals surface area (Å²) in [5, 5.41) is 28.8. The van der Waals surface area contributed by atoms with Crippen LogP contribution in [-0.4, -0.2) is 39.3 Å². The van der Waals surface area contributed by atoms with Crippen LogP contribution in [0.4, 0.5) is 0 Å². The van der Waals surface area contributed by atoms with Gasteiger partial charge in [-0.05, 0) is 38.0 Å². The molecule has 25 heavy (non-hydrogen) atoms. The Morgan fingerprint density at radius 2 is 2.04 bits per heavy atom. The van der Waals surface area contributed by atoms with Crippen molar-refractivity contribution in [2.45, 2.75) is 76.9 Å². The third-order valence-corrected chi connectivity index (χ3v) is 4.72. The molecule has 0 heterocycles. The third kappa shape index (κ3) is 8.45. The quantitative estimate of drug-likeness (QED) is 0.370. The minimum atomic E-state index is -0.868. The van der Waals surface area contributed by atoms with Gasteiger partial charge in [-0.1, -0.05) is 44.1 Å². The summed E-state index contributed by atoms with van der Waals surface area (Å²) in [4.78, 5) is 22.7. The second kappa shape index (κ2) is 12.0. The molecular formula is C20H32O5. The Bertz CT molecular complexity index is 469. The summed E-state index contributed by atoms with van der Waals surface area (Å²) in [6.07, 6.45) is 12.2. The summed E-state index contributed by atoms with van der Waals surface area (Å²) in [7, 11) is 0. The van der Waals surface area contributed by atoms with Gasteiger partial charge in [0.25, 0.3) is 0 Å². The van der Waals surface area contributed by atoms with Gasteiger partial charge in [-0.25, -0.2) is 0 Å². The Hall–Kier alpha value is -1.46. The lowest BCUT2D eigenvalue weighted by molar-refractivity contribution is -0.137. The van der Waals surface area contributed by atoms with E-state index in [0.29, 0.717) is 19.3 Å². The summed E-state index contributed by atoms with van der Waals surface area (Å²) in [5.41, 5.74) is 0. The van der Waals surface area contributed by atoms with Crippen molar-refractivity contribution >= 4 is 11.8 Å². The van der Waals surface area contributed by atoms with Crippen molar-refractivity contribution in [3.63, 3.8) is 0 Å². The van der Waals surface area contributed by atoms with Gasteiger partial charge in [0.15, 0.2) is 0 Å². The van der Waals surface area contributed by atoms with E-state index in [9.17, 15) is 19.8 Å². The molecule has 5 nitrogen and oxygen atoms in total. The smallest absolute Gasteiger partial charge is 0.303 e. The van der Waals surface area contributed by atoms with Crippen molar-refractivity contribution in [3.05, 3.63) is 24.3 Å². The van der Waals surface area contributed by atoms with E-state index in [2.05, 4.69) is 13.0 Å². The molecule has 1 saturated carbocycles. The summed E-state index contributed by atoms with van der Waals surface area (Å²) in [6.45, 7) is 2.16. The van der Waals surface area contributed by atoms with E-state index in [1.165, 1.54) is 12.8 Å². The highest BCUT2D eigenvalue weighted by atomic mass is 16.4. The van der Waals surface area contributed by atoms with E-state index in [0.717, 1.165) is 12.8 Å². The number of ketones is 1. The molecule has 0 radical (unpaired) electrons. The molecule has 0 spiro atoms. The first kappa shape index (κ1) is 21.6. The molecule has 0 aromatic carbocycles. The molecule has 5 heteroatoms. The molecule has 0 aromatic heterocycles. The monoisotopic (exact) mass is 352 g/mol. The van der Waals surface area contributed by atoms with Gasteiger partial charge in [0, 0.05) is 18.8 Å². The van der Waals surface area contributed by atoms with Crippen molar-refractivity contribution in [2.75, 3.05) is 0 Å². The van der Waals surface area contributed by atoms with Crippen LogP contribution in [-0.2, 0) is 9.59 Å². The van der Waals surface area contributed by atoms with Gasteiger partial charge in [-0.3, -0.25) is 9.59 Å². The highest BCUT2D eigenvalue weighted by Gasteiger charge is 2.39. The molecule has 142 valence electrons. The Morgan fingerprint density at radius 1 is 1.28 bits per heavy atom. The van der Waals surface area contributed by atoms with Crippen LogP contribution in [0.5, 0.6) is 0 Å². The van der Waals surface area contributed by atoms with Crippen LogP contribution in [0.25, 0.3) is 0 Å². The summed E-state index contributed by atoms with van der Waals surface area (Å²) >= 11 is 0. The zero-order valence-corrected chi connectivity index (χ0v) is 15.1. The van der Waals surface area contributed by atoms with E-state index in [1.807, 2.05) is 6.08 Å². The maximum Gasteiger partial charge on any atom is 0.303 e. The summed E-state index contributed by atoms with van der Waals surface area (Å²) < 4.78 is 0. The zero-order chi connectivity index (χ0) is 18.7. The molecule has 0 saturated heterocycles. The van der Waals surface area contributed by atoms with Crippen LogP contribution in [0.15, 0.2) is 24.3 Å². The molecule has 3 N–H and O–H groups in total. The fraction of sp³-hybridized carbons (Fsp3) is 0.700. The fourth-order valence-corrected chi connectivity index (χ4v) is 3.27. The lowest BCUT2D eigenvalue weighted by Gasteiger charge is -2.18. The maximum absolute atomic E-state index is 12.0. The van der Waals surface area contributed by atoms with Gasteiger partial charge in [-0.15, -0.1) is 0 Å². The number of aliphatic carboxylic acids is 1. The molecule has 1 aliphatic rings. The molecule has 0 unspecified atom stereocenters. The van der Waals surface area contributed by atoms with Gasteiger partial charge < -0.3 is 15.3 Å². The number of carbonyl (C=O) groups is 2. The van der Waals surface area contributed by atoms with Crippen LogP contribution < -0.4 is 0 Å². The molecule has 0 bridgehead atoms. The Kier molecular flexibility index (Phi) is 10.3. The SMILES string of the molecule is CCCCC/C=C\C[C@H](O)/C=C/[C@@H]1C(=O)C[C@H](O)[C@H]1CCCC(=O)O. The molecule has 1 rings (SSSR count). The second-order valence-electron chi connectivity index (χ2n) is 6.87. The number of carboxylic acid groups (broad SMARTS) is 1. The predicted molar refractivity (Wildman–Crippen MR) is 97.1 cm³/mol. The molecule has 0 aliphatic heterocycles. The van der Waals surface area contributed by atoms with Crippen LogP contribution in [0.1, 0.15) is 64.7 Å². The third-order valence-electron chi connectivity index (χ3n) is 4.72. The van der Waals surface area contributed by atoms with Gasteiger partial charge in [0.2, 0.25) is 0 Å². The molecule has 0 amide bonds. The van der Waals surface area contributed by atoms with Gasteiger partial charge in [0.1, 0.15) is 5.78 Å². The van der Waals surface area contributed by atoms with Crippen molar-refractivity contribution in [1.82, 2.24) is 0 Å². The topological polar surface area (TPSA) is 94.8 Å². The molecule has 1 aliphatic carbocycles. The number of carbonyl (C=O) groups excluding carboxylic acids is 1.